The van der Waals surface area contributed by atoms with Crippen molar-refractivity contribution in [3.8, 4) is 0 Å². The van der Waals surface area contributed by atoms with Crippen LogP contribution in [-0.4, -0.2) is 46.2 Å². The molecule has 156 valence electrons. The third-order valence-electron chi connectivity index (χ3n) is 5.04. The molecule has 2 aromatic rings. The Morgan fingerprint density at radius 1 is 1.21 bits per heavy atom. The summed E-state index contributed by atoms with van der Waals surface area (Å²) in [7, 11) is 0. The summed E-state index contributed by atoms with van der Waals surface area (Å²) < 4.78 is 39.7. The van der Waals surface area contributed by atoms with Crippen LogP contribution >= 0.6 is 11.3 Å². The van der Waals surface area contributed by atoms with Crippen LogP contribution in [-0.2, 0) is 28.7 Å². The van der Waals surface area contributed by atoms with Gasteiger partial charge >= 0.3 is 6.18 Å². The molecule has 0 bridgehead atoms. The first-order valence-corrected chi connectivity index (χ1v) is 10.2. The fraction of sp³-hybridized carbons (Fsp3) is 0.450. The van der Waals surface area contributed by atoms with Gasteiger partial charge in [0, 0.05) is 43.9 Å². The number of hydrogen-bond donors (Lipinski definition) is 0. The van der Waals surface area contributed by atoms with E-state index in [1.807, 2.05) is 6.92 Å². The number of benzene rings is 1. The van der Waals surface area contributed by atoms with E-state index < -0.39 is 11.7 Å². The Balaban J connectivity index is 1.61. The van der Waals surface area contributed by atoms with Crippen molar-refractivity contribution in [2.45, 2.75) is 38.9 Å². The van der Waals surface area contributed by atoms with E-state index in [9.17, 15) is 22.8 Å². The molecule has 1 aromatic heterocycles. The minimum absolute atomic E-state index is 0.0526. The van der Waals surface area contributed by atoms with Gasteiger partial charge < -0.3 is 9.80 Å². The molecule has 3 rings (SSSR count). The van der Waals surface area contributed by atoms with Gasteiger partial charge in [-0.15, -0.1) is 11.3 Å². The average molecular weight is 425 g/mol. The monoisotopic (exact) mass is 425 g/mol. The maximum Gasteiger partial charge on any atom is 0.416 e. The predicted octanol–water partition coefficient (Wildman–Crippen LogP) is 3.66. The number of nitrogens with zero attached hydrogens (tertiary/aromatic N) is 3. The molecule has 9 heteroatoms. The van der Waals surface area contributed by atoms with Crippen LogP contribution in [0.3, 0.4) is 0 Å². The quantitative estimate of drug-likeness (QED) is 0.735. The van der Waals surface area contributed by atoms with E-state index in [4.69, 9.17) is 0 Å². The molecule has 1 fully saturated rings. The lowest BCUT2D eigenvalue weighted by Gasteiger charge is -2.24. The lowest BCUT2D eigenvalue weighted by molar-refractivity contribution is -0.139. The molecule has 1 aliphatic heterocycles. The van der Waals surface area contributed by atoms with Crippen LogP contribution in [0.4, 0.5) is 13.2 Å². The number of alkyl halides is 3. The first kappa shape index (κ1) is 21.3. The van der Waals surface area contributed by atoms with Crippen molar-refractivity contribution >= 4 is 23.2 Å². The molecule has 29 heavy (non-hydrogen) atoms. The van der Waals surface area contributed by atoms with E-state index >= 15 is 0 Å². The minimum Gasteiger partial charge on any atom is -0.340 e. The second-order valence-corrected chi connectivity index (χ2v) is 7.90. The van der Waals surface area contributed by atoms with E-state index in [-0.39, 0.29) is 43.4 Å². The summed E-state index contributed by atoms with van der Waals surface area (Å²) in [6, 6.07) is 5.28. The van der Waals surface area contributed by atoms with E-state index in [2.05, 4.69) is 4.98 Å². The molecule has 0 N–H and O–H groups in total. The number of thiazole rings is 1. The first-order chi connectivity index (χ1) is 13.8. The number of rotatable bonds is 5. The molecule has 2 heterocycles. The third kappa shape index (κ3) is 5.35. The van der Waals surface area contributed by atoms with E-state index in [0.717, 1.165) is 16.6 Å². The van der Waals surface area contributed by atoms with E-state index in [1.54, 1.807) is 10.4 Å². The summed E-state index contributed by atoms with van der Waals surface area (Å²) in [6.45, 7) is 2.61. The molecule has 0 atom stereocenters. The highest BCUT2D eigenvalue weighted by Crippen LogP contribution is 2.32. The molecular weight excluding hydrogens is 403 g/mol. The Kier molecular flexibility index (Phi) is 6.56. The predicted molar refractivity (Wildman–Crippen MR) is 103 cm³/mol. The smallest absolute Gasteiger partial charge is 0.340 e. The molecule has 0 radical (unpaired) electrons. The number of hydrogen-bond acceptors (Lipinski definition) is 4. The van der Waals surface area contributed by atoms with Crippen molar-refractivity contribution in [1.82, 2.24) is 14.8 Å². The van der Waals surface area contributed by atoms with Crippen LogP contribution < -0.4 is 0 Å². The van der Waals surface area contributed by atoms with Crippen molar-refractivity contribution < 1.29 is 22.8 Å². The molecule has 0 saturated carbocycles. The van der Waals surface area contributed by atoms with Gasteiger partial charge in [-0.05, 0) is 25.0 Å². The second-order valence-electron chi connectivity index (χ2n) is 6.96. The van der Waals surface area contributed by atoms with Crippen molar-refractivity contribution in [2.24, 2.45) is 0 Å². The summed E-state index contributed by atoms with van der Waals surface area (Å²) >= 11 is 1.51. The molecule has 2 amide bonds. The zero-order valence-electron chi connectivity index (χ0n) is 16.0. The number of carbonyl (C=O) groups excluding carboxylic acids is 2. The Morgan fingerprint density at radius 3 is 2.66 bits per heavy atom. The molecule has 1 aromatic carbocycles. The van der Waals surface area contributed by atoms with Gasteiger partial charge in [0.25, 0.3) is 0 Å². The van der Waals surface area contributed by atoms with Gasteiger partial charge in [-0.1, -0.05) is 18.2 Å². The topological polar surface area (TPSA) is 53.5 Å². The lowest BCUT2D eigenvalue weighted by atomic mass is 10.1. The van der Waals surface area contributed by atoms with Gasteiger partial charge in [0.05, 0.1) is 16.8 Å². The number of aromatic nitrogens is 1. The number of amides is 2. The van der Waals surface area contributed by atoms with Crippen LogP contribution in [0.5, 0.6) is 0 Å². The van der Waals surface area contributed by atoms with Crippen LogP contribution in [0.25, 0.3) is 0 Å². The van der Waals surface area contributed by atoms with Crippen molar-refractivity contribution in [2.75, 3.05) is 19.6 Å². The Bertz CT molecular complexity index is 882. The summed E-state index contributed by atoms with van der Waals surface area (Å²) in [5, 5.41) is 0. The fourth-order valence-electron chi connectivity index (χ4n) is 3.37. The van der Waals surface area contributed by atoms with Crippen molar-refractivity contribution in [3.63, 3.8) is 0 Å². The summed E-state index contributed by atoms with van der Waals surface area (Å²) in [5.41, 5.74) is 2.00. The van der Waals surface area contributed by atoms with Gasteiger partial charge in [-0.2, -0.15) is 13.2 Å². The molecule has 0 spiro atoms. The standard InChI is InChI=1S/C20H22F3N3O2S/c1-14-17(29-13-24-14)6-7-18(27)25-9-8-19(28)26(11-10-25)12-15-4-2-3-5-16(15)20(21,22)23/h2-5,13H,6-12H2,1H3. The number of halogens is 3. The Labute approximate surface area is 171 Å². The molecular formula is C20H22F3N3O2S. The minimum atomic E-state index is -4.47. The molecule has 0 aliphatic carbocycles. The van der Waals surface area contributed by atoms with Crippen molar-refractivity contribution in [1.29, 1.82) is 0 Å². The number of carbonyl (C=O) groups is 2. The second kappa shape index (κ2) is 8.94. The van der Waals surface area contributed by atoms with Gasteiger partial charge in [-0.3, -0.25) is 9.59 Å². The normalized spacial score (nSPS) is 15.5. The fourth-order valence-corrected chi connectivity index (χ4v) is 4.15. The molecule has 0 unspecified atom stereocenters. The molecule has 1 saturated heterocycles. The highest BCUT2D eigenvalue weighted by atomic mass is 32.1. The van der Waals surface area contributed by atoms with Crippen LogP contribution in [0.1, 0.15) is 34.5 Å². The highest BCUT2D eigenvalue weighted by molar-refractivity contribution is 7.09. The van der Waals surface area contributed by atoms with E-state index in [0.29, 0.717) is 19.4 Å². The van der Waals surface area contributed by atoms with Gasteiger partial charge in [0.1, 0.15) is 0 Å². The Hall–Kier alpha value is -2.42. The molecule has 1 aliphatic rings. The van der Waals surface area contributed by atoms with Crippen LogP contribution in [0.15, 0.2) is 29.8 Å². The number of aryl methyl sites for hydroxylation is 2. The zero-order valence-corrected chi connectivity index (χ0v) is 16.9. The third-order valence-corrected chi connectivity index (χ3v) is 6.03. The maximum atomic E-state index is 13.2. The largest absolute Gasteiger partial charge is 0.416 e. The summed E-state index contributed by atoms with van der Waals surface area (Å²) in [6.07, 6.45) is -3.43. The zero-order chi connectivity index (χ0) is 21.0. The molecule has 5 nitrogen and oxygen atoms in total. The summed E-state index contributed by atoms with van der Waals surface area (Å²) in [4.78, 5) is 33.3. The van der Waals surface area contributed by atoms with Gasteiger partial charge in [0.2, 0.25) is 11.8 Å². The first-order valence-electron chi connectivity index (χ1n) is 9.35. The lowest BCUT2D eigenvalue weighted by Crippen LogP contribution is -2.36. The van der Waals surface area contributed by atoms with E-state index in [1.165, 1.54) is 34.4 Å². The van der Waals surface area contributed by atoms with Gasteiger partial charge in [-0.25, -0.2) is 4.98 Å². The SMILES string of the molecule is Cc1ncsc1CCC(=O)N1CCC(=O)N(Cc2ccccc2C(F)(F)F)CC1. The Morgan fingerprint density at radius 2 is 1.97 bits per heavy atom. The van der Waals surface area contributed by atoms with Crippen LogP contribution in [0, 0.1) is 6.92 Å². The van der Waals surface area contributed by atoms with Crippen LogP contribution in [0.2, 0.25) is 0 Å². The summed E-state index contributed by atoms with van der Waals surface area (Å²) in [5.74, 6) is -0.293. The van der Waals surface area contributed by atoms with Gasteiger partial charge in [0.15, 0.2) is 0 Å². The maximum absolute atomic E-state index is 13.2. The highest BCUT2D eigenvalue weighted by Gasteiger charge is 2.34. The average Bonchev–Trinajstić information content (AvgIpc) is 3.00. The van der Waals surface area contributed by atoms with Crippen molar-refractivity contribution in [3.05, 3.63) is 51.5 Å².